The second-order valence-corrected chi connectivity index (χ2v) is 5.09. The predicted molar refractivity (Wildman–Crippen MR) is 69.2 cm³/mol. The van der Waals surface area contributed by atoms with Crippen LogP contribution in [0.4, 0.5) is 10.1 Å². The molecule has 0 saturated carbocycles. The molecule has 1 saturated heterocycles. The molecule has 0 radical (unpaired) electrons. The highest BCUT2D eigenvalue weighted by Crippen LogP contribution is 2.21. The molecule has 2 N–H and O–H groups in total. The Morgan fingerprint density at radius 2 is 2.22 bits per heavy atom. The van der Waals surface area contributed by atoms with Gasteiger partial charge in [0, 0.05) is 25.2 Å². The van der Waals surface area contributed by atoms with Crippen molar-refractivity contribution in [3.05, 3.63) is 29.6 Å². The Morgan fingerprint density at radius 3 is 2.94 bits per heavy atom. The van der Waals surface area contributed by atoms with Crippen LogP contribution >= 0.6 is 0 Å². The number of carbonyl (C=O) groups excluding carboxylic acids is 1. The summed E-state index contributed by atoms with van der Waals surface area (Å²) in [5.74, 6) is 0.416. The highest BCUT2D eigenvalue weighted by Gasteiger charge is 2.20. The number of likely N-dealkylation sites (tertiary alicyclic amines) is 1. The lowest BCUT2D eigenvalue weighted by molar-refractivity contribution is -0.131. The van der Waals surface area contributed by atoms with Gasteiger partial charge in [-0.1, -0.05) is 13.0 Å². The summed E-state index contributed by atoms with van der Waals surface area (Å²) in [6.07, 6.45) is 2.57. The smallest absolute Gasteiger partial charge is 0.222 e. The molecule has 1 aromatic carbocycles. The molecule has 4 heteroatoms. The van der Waals surface area contributed by atoms with Gasteiger partial charge >= 0.3 is 0 Å². The maximum absolute atomic E-state index is 13.0. The van der Waals surface area contributed by atoms with Gasteiger partial charge in [-0.15, -0.1) is 0 Å². The first kappa shape index (κ1) is 12.9. The highest BCUT2D eigenvalue weighted by atomic mass is 19.1. The van der Waals surface area contributed by atoms with Crippen molar-refractivity contribution in [2.75, 3.05) is 12.3 Å². The molecule has 0 aromatic heterocycles. The van der Waals surface area contributed by atoms with Crippen molar-refractivity contribution in [1.29, 1.82) is 0 Å². The zero-order chi connectivity index (χ0) is 13.1. The quantitative estimate of drug-likeness (QED) is 0.820. The Morgan fingerprint density at radius 1 is 1.44 bits per heavy atom. The van der Waals surface area contributed by atoms with Gasteiger partial charge in [0.25, 0.3) is 0 Å². The van der Waals surface area contributed by atoms with E-state index in [1.54, 1.807) is 6.07 Å². The number of nitrogen functional groups attached to an aromatic ring is 1. The molecule has 1 atom stereocenters. The number of nitrogens with two attached hydrogens (primary N) is 1. The molecular weight excluding hydrogens is 231 g/mol. The van der Waals surface area contributed by atoms with Gasteiger partial charge in [-0.2, -0.15) is 0 Å². The maximum atomic E-state index is 13.0. The fraction of sp³-hybridized carbons (Fsp3) is 0.500. The van der Waals surface area contributed by atoms with Crippen LogP contribution < -0.4 is 5.73 Å². The molecule has 1 fully saturated rings. The van der Waals surface area contributed by atoms with E-state index in [0.29, 0.717) is 24.6 Å². The van der Waals surface area contributed by atoms with E-state index in [4.69, 9.17) is 5.73 Å². The Balaban J connectivity index is 2.09. The monoisotopic (exact) mass is 250 g/mol. The van der Waals surface area contributed by atoms with Gasteiger partial charge in [-0.05, 0) is 36.5 Å². The molecule has 3 nitrogen and oxygen atoms in total. The Labute approximate surface area is 107 Å². The SMILES string of the molecule is CC1CCC(=O)N(Cc2ccc(F)cc2N)CC1. The Kier molecular flexibility index (Phi) is 3.84. The lowest BCUT2D eigenvalue weighted by Crippen LogP contribution is -2.30. The number of halogens is 1. The molecular formula is C14H19FN2O. The molecule has 1 aromatic rings. The van der Waals surface area contributed by atoms with Crippen LogP contribution in [0.25, 0.3) is 0 Å². The number of nitrogens with zero attached hydrogens (tertiary/aromatic N) is 1. The minimum atomic E-state index is -0.341. The van der Waals surface area contributed by atoms with Crippen molar-refractivity contribution < 1.29 is 9.18 Å². The first-order valence-corrected chi connectivity index (χ1v) is 6.38. The van der Waals surface area contributed by atoms with Crippen molar-refractivity contribution >= 4 is 11.6 Å². The standard InChI is InChI=1S/C14H19FN2O/c1-10-2-5-14(18)17(7-6-10)9-11-3-4-12(15)8-13(11)16/h3-4,8,10H,2,5-7,9,16H2,1H3. The number of anilines is 1. The highest BCUT2D eigenvalue weighted by molar-refractivity contribution is 5.76. The molecule has 0 bridgehead atoms. The number of benzene rings is 1. The van der Waals surface area contributed by atoms with Crippen LogP contribution in [0.1, 0.15) is 31.7 Å². The maximum Gasteiger partial charge on any atom is 0.222 e. The van der Waals surface area contributed by atoms with E-state index in [0.717, 1.165) is 24.9 Å². The van der Waals surface area contributed by atoms with Crippen LogP contribution in [0.3, 0.4) is 0 Å². The van der Waals surface area contributed by atoms with Gasteiger partial charge in [0.15, 0.2) is 0 Å². The van der Waals surface area contributed by atoms with Crippen molar-refractivity contribution in [1.82, 2.24) is 4.90 Å². The van der Waals surface area contributed by atoms with Crippen LogP contribution in [-0.4, -0.2) is 17.4 Å². The van der Waals surface area contributed by atoms with E-state index >= 15 is 0 Å². The Hall–Kier alpha value is -1.58. The molecule has 2 rings (SSSR count). The average molecular weight is 250 g/mol. The summed E-state index contributed by atoms with van der Waals surface area (Å²) in [5, 5.41) is 0. The number of amides is 1. The summed E-state index contributed by atoms with van der Waals surface area (Å²) in [5.41, 5.74) is 7.01. The van der Waals surface area contributed by atoms with Crippen LogP contribution in [0.2, 0.25) is 0 Å². The van der Waals surface area contributed by atoms with E-state index in [2.05, 4.69) is 6.92 Å². The minimum Gasteiger partial charge on any atom is -0.398 e. The Bertz CT molecular complexity index is 447. The third-order valence-electron chi connectivity index (χ3n) is 3.56. The van der Waals surface area contributed by atoms with Crippen LogP contribution in [0.5, 0.6) is 0 Å². The zero-order valence-corrected chi connectivity index (χ0v) is 10.7. The van der Waals surface area contributed by atoms with Gasteiger partial charge in [0.1, 0.15) is 5.82 Å². The van der Waals surface area contributed by atoms with Gasteiger partial charge in [-0.25, -0.2) is 4.39 Å². The fourth-order valence-corrected chi connectivity index (χ4v) is 2.26. The van der Waals surface area contributed by atoms with Gasteiger partial charge in [0.05, 0.1) is 0 Å². The second-order valence-electron chi connectivity index (χ2n) is 5.09. The van der Waals surface area contributed by atoms with Crippen LogP contribution in [0, 0.1) is 11.7 Å². The van der Waals surface area contributed by atoms with Gasteiger partial charge in [0.2, 0.25) is 5.91 Å². The van der Waals surface area contributed by atoms with E-state index in [-0.39, 0.29) is 11.7 Å². The van der Waals surface area contributed by atoms with Crippen molar-refractivity contribution in [3.63, 3.8) is 0 Å². The summed E-state index contributed by atoms with van der Waals surface area (Å²) < 4.78 is 13.0. The molecule has 0 aliphatic carbocycles. The lowest BCUT2D eigenvalue weighted by atomic mass is 10.0. The topological polar surface area (TPSA) is 46.3 Å². The molecule has 1 unspecified atom stereocenters. The summed E-state index contributed by atoms with van der Waals surface area (Å²) in [4.78, 5) is 13.8. The van der Waals surface area contributed by atoms with Crippen molar-refractivity contribution in [3.8, 4) is 0 Å². The number of hydrogen-bond donors (Lipinski definition) is 1. The molecule has 1 heterocycles. The van der Waals surface area contributed by atoms with E-state index in [1.165, 1.54) is 12.1 Å². The minimum absolute atomic E-state index is 0.170. The fourth-order valence-electron chi connectivity index (χ4n) is 2.26. The summed E-state index contributed by atoms with van der Waals surface area (Å²) in [6, 6.07) is 4.35. The number of rotatable bonds is 2. The molecule has 18 heavy (non-hydrogen) atoms. The van der Waals surface area contributed by atoms with Gasteiger partial charge in [-0.3, -0.25) is 4.79 Å². The number of carbonyl (C=O) groups is 1. The molecule has 98 valence electrons. The third-order valence-corrected chi connectivity index (χ3v) is 3.56. The summed E-state index contributed by atoms with van der Waals surface area (Å²) in [7, 11) is 0. The summed E-state index contributed by atoms with van der Waals surface area (Å²) in [6.45, 7) is 3.41. The van der Waals surface area contributed by atoms with Crippen LogP contribution in [-0.2, 0) is 11.3 Å². The normalized spacial score (nSPS) is 20.9. The average Bonchev–Trinajstić information content (AvgIpc) is 2.47. The third kappa shape index (κ3) is 3.00. The molecule has 1 amide bonds. The van der Waals surface area contributed by atoms with E-state index < -0.39 is 0 Å². The van der Waals surface area contributed by atoms with Crippen molar-refractivity contribution in [2.45, 2.75) is 32.7 Å². The molecule has 0 spiro atoms. The van der Waals surface area contributed by atoms with E-state index in [9.17, 15) is 9.18 Å². The van der Waals surface area contributed by atoms with Crippen molar-refractivity contribution in [2.24, 2.45) is 5.92 Å². The largest absolute Gasteiger partial charge is 0.398 e. The van der Waals surface area contributed by atoms with E-state index in [1.807, 2.05) is 4.90 Å². The second kappa shape index (κ2) is 5.38. The van der Waals surface area contributed by atoms with Gasteiger partial charge < -0.3 is 10.6 Å². The molecule has 1 aliphatic rings. The zero-order valence-electron chi connectivity index (χ0n) is 10.7. The molecule has 1 aliphatic heterocycles. The first-order chi connectivity index (χ1) is 8.56. The first-order valence-electron chi connectivity index (χ1n) is 6.38. The summed E-state index contributed by atoms with van der Waals surface area (Å²) >= 11 is 0. The number of hydrogen-bond acceptors (Lipinski definition) is 2. The predicted octanol–water partition coefficient (Wildman–Crippen LogP) is 2.56. The van der Waals surface area contributed by atoms with Crippen LogP contribution in [0.15, 0.2) is 18.2 Å². The lowest BCUT2D eigenvalue weighted by Gasteiger charge is -2.21.